The third kappa shape index (κ3) is 6.10. The number of rotatable bonds is 8. The number of anilines is 1. The zero-order valence-electron chi connectivity index (χ0n) is 18.7. The molecule has 5 N–H and O–H groups in total. The maximum atomic E-state index is 13.1. The van der Waals surface area contributed by atoms with Crippen LogP contribution in [0.4, 0.5) is 10.6 Å². The van der Waals surface area contributed by atoms with E-state index in [1.54, 1.807) is 12.3 Å². The molecular weight excluding hydrogens is 426 g/mol. The van der Waals surface area contributed by atoms with Gasteiger partial charge in [0.15, 0.2) is 0 Å². The Morgan fingerprint density at radius 2 is 1.53 bits per heavy atom. The van der Waals surface area contributed by atoms with Gasteiger partial charge in [-0.2, -0.15) is 0 Å². The maximum absolute atomic E-state index is 13.1. The third-order valence-electron chi connectivity index (χ3n) is 5.54. The van der Waals surface area contributed by atoms with Gasteiger partial charge < -0.3 is 21.7 Å². The van der Waals surface area contributed by atoms with Crippen molar-refractivity contribution in [2.75, 3.05) is 5.73 Å². The number of amides is 3. The lowest BCUT2D eigenvalue weighted by molar-refractivity contribution is -0.123. The standard InChI is InChI=1S/C27H27N5O2/c28-25-14-13-20(17-29-25)18-30-26(33)24(32-27(34)31-16-19-7-2-1-3-8-19)15-22-11-6-10-21-9-4-5-12-23(21)22/h1-14,17,24H,15-16,18H2,(H2,28,29)(H,30,33)(H2,31,32,34). The zero-order chi connectivity index (χ0) is 23.8. The van der Waals surface area contributed by atoms with Gasteiger partial charge in [-0.25, -0.2) is 9.78 Å². The molecule has 0 aliphatic rings. The summed E-state index contributed by atoms with van der Waals surface area (Å²) in [5, 5.41) is 10.7. The smallest absolute Gasteiger partial charge is 0.315 e. The molecule has 4 aromatic rings. The van der Waals surface area contributed by atoms with Crippen LogP contribution in [0.15, 0.2) is 91.1 Å². The molecule has 0 saturated carbocycles. The van der Waals surface area contributed by atoms with Crippen molar-refractivity contribution < 1.29 is 9.59 Å². The molecule has 34 heavy (non-hydrogen) atoms. The Hall–Kier alpha value is -4.39. The number of urea groups is 1. The molecule has 0 aliphatic carbocycles. The van der Waals surface area contributed by atoms with Crippen LogP contribution in [0.5, 0.6) is 0 Å². The molecule has 0 bridgehead atoms. The highest BCUT2D eigenvalue weighted by molar-refractivity contribution is 5.90. The van der Waals surface area contributed by atoms with Crippen molar-refractivity contribution in [1.29, 1.82) is 0 Å². The molecule has 3 amide bonds. The van der Waals surface area contributed by atoms with Gasteiger partial charge in [0.1, 0.15) is 11.9 Å². The third-order valence-corrected chi connectivity index (χ3v) is 5.54. The second kappa shape index (κ2) is 11.0. The van der Waals surface area contributed by atoms with E-state index >= 15 is 0 Å². The van der Waals surface area contributed by atoms with E-state index in [4.69, 9.17) is 5.73 Å². The summed E-state index contributed by atoms with van der Waals surface area (Å²) in [6.45, 7) is 0.651. The fraction of sp³-hybridized carbons (Fsp3) is 0.148. The molecule has 0 radical (unpaired) electrons. The minimum absolute atomic E-state index is 0.278. The topological polar surface area (TPSA) is 109 Å². The van der Waals surface area contributed by atoms with Gasteiger partial charge in [-0.3, -0.25) is 4.79 Å². The SMILES string of the molecule is Nc1ccc(CNC(=O)C(Cc2cccc3ccccc23)NC(=O)NCc2ccccc2)cn1. The summed E-state index contributed by atoms with van der Waals surface area (Å²) in [6.07, 6.45) is 1.97. The normalized spacial score (nSPS) is 11.5. The zero-order valence-corrected chi connectivity index (χ0v) is 18.7. The fourth-order valence-corrected chi connectivity index (χ4v) is 3.74. The number of nitrogen functional groups attached to an aromatic ring is 1. The van der Waals surface area contributed by atoms with Crippen LogP contribution >= 0.6 is 0 Å². The lowest BCUT2D eigenvalue weighted by Crippen LogP contribution is -2.50. The van der Waals surface area contributed by atoms with E-state index in [2.05, 4.69) is 20.9 Å². The van der Waals surface area contributed by atoms with E-state index in [9.17, 15) is 9.59 Å². The predicted octanol–water partition coefficient (Wildman–Crippen LogP) is 3.54. The monoisotopic (exact) mass is 453 g/mol. The highest BCUT2D eigenvalue weighted by Crippen LogP contribution is 2.20. The Labute approximate surface area is 198 Å². The van der Waals surface area contributed by atoms with Crippen LogP contribution in [0.3, 0.4) is 0 Å². The summed E-state index contributed by atoms with van der Waals surface area (Å²) >= 11 is 0. The minimum atomic E-state index is -0.761. The average molecular weight is 454 g/mol. The molecule has 0 saturated heterocycles. The highest BCUT2D eigenvalue weighted by atomic mass is 16.2. The minimum Gasteiger partial charge on any atom is -0.384 e. The molecular formula is C27H27N5O2. The van der Waals surface area contributed by atoms with E-state index in [1.165, 1.54) is 0 Å². The van der Waals surface area contributed by atoms with E-state index in [0.717, 1.165) is 27.5 Å². The molecule has 7 heteroatoms. The summed E-state index contributed by atoms with van der Waals surface area (Å²) < 4.78 is 0. The van der Waals surface area contributed by atoms with Gasteiger partial charge in [-0.05, 0) is 33.5 Å². The van der Waals surface area contributed by atoms with Crippen LogP contribution in [-0.4, -0.2) is 23.0 Å². The molecule has 1 atom stereocenters. The van der Waals surface area contributed by atoms with Crippen LogP contribution in [0.25, 0.3) is 10.8 Å². The van der Waals surface area contributed by atoms with E-state index < -0.39 is 12.1 Å². The molecule has 1 heterocycles. The number of nitrogens with one attached hydrogen (secondary N) is 3. The van der Waals surface area contributed by atoms with Crippen molar-refractivity contribution in [1.82, 2.24) is 20.9 Å². The Morgan fingerprint density at radius 1 is 0.794 bits per heavy atom. The molecule has 0 spiro atoms. The summed E-state index contributed by atoms with van der Waals surface area (Å²) in [5.74, 6) is 0.139. The molecule has 4 rings (SSSR count). The number of hydrogen-bond acceptors (Lipinski definition) is 4. The highest BCUT2D eigenvalue weighted by Gasteiger charge is 2.22. The van der Waals surface area contributed by atoms with Gasteiger partial charge in [0, 0.05) is 25.7 Å². The van der Waals surface area contributed by atoms with Gasteiger partial charge in [0.05, 0.1) is 0 Å². The Morgan fingerprint density at radius 3 is 2.32 bits per heavy atom. The summed E-state index contributed by atoms with van der Waals surface area (Å²) in [7, 11) is 0. The summed E-state index contributed by atoms with van der Waals surface area (Å²) in [6, 6.07) is 25.9. The number of fused-ring (bicyclic) bond motifs is 1. The molecule has 3 aromatic carbocycles. The summed E-state index contributed by atoms with van der Waals surface area (Å²) in [4.78, 5) is 29.9. The van der Waals surface area contributed by atoms with Crippen molar-refractivity contribution in [3.8, 4) is 0 Å². The van der Waals surface area contributed by atoms with Crippen LogP contribution in [-0.2, 0) is 24.3 Å². The summed E-state index contributed by atoms with van der Waals surface area (Å²) in [5.41, 5.74) is 8.41. The van der Waals surface area contributed by atoms with Crippen LogP contribution in [0.1, 0.15) is 16.7 Å². The number of benzene rings is 3. The Balaban J connectivity index is 1.48. The maximum Gasteiger partial charge on any atom is 0.315 e. The second-order valence-electron chi connectivity index (χ2n) is 8.02. The van der Waals surface area contributed by atoms with Gasteiger partial charge in [0.2, 0.25) is 5.91 Å². The first-order valence-corrected chi connectivity index (χ1v) is 11.1. The van der Waals surface area contributed by atoms with Gasteiger partial charge >= 0.3 is 6.03 Å². The molecule has 1 unspecified atom stereocenters. The van der Waals surface area contributed by atoms with Gasteiger partial charge in [0.25, 0.3) is 0 Å². The molecule has 0 aliphatic heterocycles. The van der Waals surface area contributed by atoms with E-state index in [-0.39, 0.29) is 12.5 Å². The van der Waals surface area contributed by atoms with Crippen molar-refractivity contribution in [2.24, 2.45) is 0 Å². The number of carbonyl (C=O) groups is 2. The predicted molar refractivity (Wildman–Crippen MR) is 134 cm³/mol. The largest absolute Gasteiger partial charge is 0.384 e. The van der Waals surface area contributed by atoms with Crippen molar-refractivity contribution in [3.05, 3.63) is 108 Å². The molecule has 0 fully saturated rings. The van der Waals surface area contributed by atoms with Crippen LogP contribution in [0, 0.1) is 0 Å². The van der Waals surface area contributed by atoms with Crippen LogP contribution < -0.4 is 21.7 Å². The lowest BCUT2D eigenvalue weighted by Gasteiger charge is -2.20. The van der Waals surface area contributed by atoms with Crippen molar-refractivity contribution >= 4 is 28.5 Å². The molecule has 1 aromatic heterocycles. The first kappa shape index (κ1) is 22.8. The quantitative estimate of drug-likeness (QED) is 0.327. The number of nitrogens with two attached hydrogens (primary N) is 1. The lowest BCUT2D eigenvalue weighted by atomic mass is 9.98. The number of pyridine rings is 1. The molecule has 172 valence electrons. The van der Waals surface area contributed by atoms with Crippen molar-refractivity contribution in [3.63, 3.8) is 0 Å². The van der Waals surface area contributed by atoms with E-state index in [1.807, 2.05) is 78.9 Å². The van der Waals surface area contributed by atoms with Gasteiger partial charge in [-0.15, -0.1) is 0 Å². The average Bonchev–Trinajstić information content (AvgIpc) is 2.87. The Kier molecular flexibility index (Phi) is 7.35. The van der Waals surface area contributed by atoms with Gasteiger partial charge in [-0.1, -0.05) is 78.9 Å². The van der Waals surface area contributed by atoms with Crippen LogP contribution in [0.2, 0.25) is 0 Å². The molecule has 7 nitrogen and oxygen atoms in total. The van der Waals surface area contributed by atoms with E-state index in [0.29, 0.717) is 18.8 Å². The number of nitrogens with zero attached hydrogens (tertiary/aromatic N) is 1. The number of aromatic nitrogens is 1. The van der Waals surface area contributed by atoms with Crippen molar-refractivity contribution in [2.45, 2.75) is 25.6 Å². The fourth-order valence-electron chi connectivity index (χ4n) is 3.74. The Bertz CT molecular complexity index is 1250. The number of carbonyl (C=O) groups excluding carboxylic acids is 2. The number of hydrogen-bond donors (Lipinski definition) is 4. The first-order valence-electron chi connectivity index (χ1n) is 11.1. The second-order valence-corrected chi connectivity index (χ2v) is 8.02. The first-order chi connectivity index (χ1) is 16.6.